The number of anilines is 1. The number of benzene rings is 1. The molecule has 0 radical (unpaired) electrons. The molecule has 1 heterocycles. The Labute approximate surface area is 129 Å². The minimum Gasteiger partial charge on any atom is -0.355 e. The maximum Gasteiger partial charge on any atom is 0.238 e. The molecule has 0 aromatic heterocycles. The van der Waals surface area contributed by atoms with Crippen LogP contribution in [0.3, 0.4) is 0 Å². The lowest BCUT2D eigenvalue weighted by Gasteiger charge is -2.35. The fraction of sp³-hybridized carbons (Fsp3) is 0.467. The van der Waals surface area contributed by atoms with Gasteiger partial charge in [0.25, 0.3) is 0 Å². The number of hydrogen-bond donors (Lipinski definition) is 2. The van der Waals surface area contributed by atoms with Crippen LogP contribution in [-0.4, -0.2) is 41.9 Å². The van der Waals surface area contributed by atoms with Crippen LogP contribution >= 0.6 is 11.6 Å². The van der Waals surface area contributed by atoms with Crippen molar-refractivity contribution in [1.29, 1.82) is 0 Å². The SMILES string of the molecule is CC1(C)CC(=O)NCCN1CC(=O)Nc1cccc(Cl)c1. The van der Waals surface area contributed by atoms with Crippen molar-refractivity contribution in [2.24, 2.45) is 0 Å². The average Bonchev–Trinajstić information content (AvgIpc) is 2.48. The molecule has 0 unspecified atom stereocenters. The van der Waals surface area contributed by atoms with Gasteiger partial charge in [-0.05, 0) is 32.0 Å². The first-order chi connectivity index (χ1) is 9.87. The molecule has 0 bridgehead atoms. The molecule has 2 N–H and O–H groups in total. The third kappa shape index (κ3) is 4.44. The molecule has 1 saturated heterocycles. The average molecular weight is 310 g/mol. The van der Waals surface area contributed by atoms with Crippen LogP contribution < -0.4 is 10.6 Å². The number of carbonyl (C=O) groups excluding carboxylic acids is 2. The Hall–Kier alpha value is -1.59. The van der Waals surface area contributed by atoms with E-state index in [0.29, 0.717) is 30.2 Å². The summed E-state index contributed by atoms with van der Waals surface area (Å²) >= 11 is 5.90. The Kier molecular flexibility index (Phi) is 4.85. The Morgan fingerprint density at radius 2 is 2.24 bits per heavy atom. The number of hydrogen-bond acceptors (Lipinski definition) is 3. The van der Waals surface area contributed by atoms with Crippen LogP contribution in [0.2, 0.25) is 5.02 Å². The third-order valence-corrected chi connectivity index (χ3v) is 3.83. The van der Waals surface area contributed by atoms with E-state index in [4.69, 9.17) is 11.6 Å². The summed E-state index contributed by atoms with van der Waals surface area (Å²) in [5, 5.41) is 6.24. The van der Waals surface area contributed by atoms with E-state index in [1.165, 1.54) is 0 Å². The topological polar surface area (TPSA) is 61.4 Å². The summed E-state index contributed by atoms with van der Waals surface area (Å²) in [7, 11) is 0. The highest BCUT2D eigenvalue weighted by Crippen LogP contribution is 2.21. The summed E-state index contributed by atoms with van der Waals surface area (Å²) in [5.41, 5.74) is 0.334. The van der Waals surface area contributed by atoms with Crippen molar-refractivity contribution < 1.29 is 9.59 Å². The van der Waals surface area contributed by atoms with E-state index < -0.39 is 0 Å². The largest absolute Gasteiger partial charge is 0.355 e. The minimum atomic E-state index is -0.341. The van der Waals surface area contributed by atoms with E-state index >= 15 is 0 Å². The van der Waals surface area contributed by atoms with Gasteiger partial charge in [0.05, 0.1) is 6.54 Å². The van der Waals surface area contributed by atoms with Gasteiger partial charge in [-0.2, -0.15) is 0 Å². The van der Waals surface area contributed by atoms with Gasteiger partial charge in [0.15, 0.2) is 0 Å². The molecule has 1 aliphatic heterocycles. The molecular formula is C15H20ClN3O2. The normalized spacial score (nSPS) is 18.7. The number of carbonyl (C=O) groups is 2. The molecule has 2 rings (SSSR count). The third-order valence-electron chi connectivity index (χ3n) is 3.60. The monoisotopic (exact) mass is 309 g/mol. The predicted octanol–water partition coefficient (Wildman–Crippen LogP) is 1.88. The predicted molar refractivity (Wildman–Crippen MR) is 83.4 cm³/mol. The highest BCUT2D eigenvalue weighted by molar-refractivity contribution is 6.30. The second-order valence-corrected chi connectivity index (χ2v) is 6.26. The van der Waals surface area contributed by atoms with Crippen molar-refractivity contribution in [2.75, 3.05) is 25.0 Å². The van der Waals surface area contributed by atoms with E-state index in [9.17, 15) is 9.59 Å². The van der Waals surface area contributed by atoms with Gasteiger partial charge in [-0.25, -0.2) is 0 Å². The molecule has 114 valence electrons. The first kappa shape index (κ1) is 15.8. The minimum absolute atomic E-state index is 0.0257. The van der Waals surface area contributed by atoms with Crippen LogP contribution in [0.5, 0.6) is 0 Å². The number of nitrogens with zero attached hydrogens (tertiary/aromatic N) is 1. The van der Waals surface area contributed by atoms with E-state index in [1.54, 1.807) is 24.3 Å². The Bertz CT molecular complexity index is 545. The molecule has 1 fully saturated rings. The molecule has 0 aliphatic carbocycles. The number of rotatable bonds is 3. The van der Waals surface area contributed by atoms with Crippen LogP contribution in [0.15, 0.2) is 24.3 Å². The van der Waals surface area contributed by atoms with Crippen molar-refractivity contribution in [3.05, 3.63) is 29.3 Å². The fourth-order valence-corrected chi connectivity index (χ4v) is 2.62. The Balaban J connectivity index is 1.99. The Morgan fingerprint density at radius 1 is 1.48 bits per heavy atom. The van der Waals surface area contributed by atoms with Gasteiger partial charge in [-0.1, -0.05) is 17.7 Å². The molecule has 1 aliphatic rings. The zero-order valence-electron chi connectivity index (χ0n) is 12.3. The zero-order chi connectivity index (χ0) is 15.5. The highest BCUT2D eigenvalue weighted by atomic mass is 35.5. The van der Waals surface area contributed by atoms with Crippen LogP contribution in [0.1, 0.15) is 20.3 Å². The summed E-state index contributed by atoms with van der Waals surface area (Å²) in [6.45, 7) is 5.41. The number of halogens is 1. The summed E-state index contributed by atoms with van der Waals surface area (Å²) in [4.78, 5) is 25.8. The summed E-state index contributed by atoms with van der Waals surface area (Å²) < 4.78 is 0. The molecule has 0 spiro atoms. The van der Waals surface area contributed by atoms with Gasteiger partial charge >= 0.3 is 0 Å². The molecule has 1 aromatic rings. The van der Waals surface area contributed by atoms with E-state index in [0.717, 1.165) is 0 Å². The van der Waals surface area contributed by atoms with Gasteiger partial charge in [-0.3, -0.25) is 14.5 Å². The van der Waals surface area contributed by atoms with Gasteiger partial charge in [0.2, 0.25) is 11.8 Å². The van der Waals surface area contributed by atoms with Crippen molar-refractivity contribution >= 4 is 29.1 Å². The zero-order valence-corrected chi connectivity index (χ0v) is 13.0. The second kappa shape index (κ2) is 6.45. The van der Waals surface area contributed by atoms with Crippen LogP contribution in [0.4, 0.5) is 5.69 Å². The molecule has 0 saturated carbocycles. The standard InChI is InChI=1S/C15H20ClN3O2/c1-15(2)9-13(20)17-6-7-19(15)10-14(21)18-12-5-3-4-11(16)8-12/h3-5,8H,6-7,9-10H2,1-2H3,(H,17,20)(H,18,21). The molecule has 1 aromatic carbocycles. The van der Waals surface area contributed by atoms with Gasteiger partial charge < -0.3 is 10.6 Å². The molecular weight excluding hydrogens is 290 g/mol. The molecule has 6 heteroatoms. The van der Waals surface area contributed by atoms with Crippen molar-refractivity contribution in [3.8, 4) is 0 Å². The number of amides is 2. The highest BCUT2D eigenvalue weighted by Gasteiger charge is 2.32. The fourth-order valence-electron chi connectivity index (χ4n) is 2.43. The maximum atomic E-state index is 12.2. The van der Waals surface area contributed by atoms with Gasteiger partial charge in [0.1, 0.15) is 0 Å². The van der Waals surface area contributed by atoms with Crippen molar-refractivity contribution in [2.45, 2.75) is 25.8 Å². The molecule has 21 heavy (non-hydrogen) atoms. The van der Waals surface area contributed by atoms with Crippen LogP contribution in [-0.2, 0) is 9.59 Å². The lowest BCUT2D eigenvalue weighted by Crippen LogP contribution is -2.48. The smallest absolute Gasteiger partial charge is 0.238 e. The van der Waals surface area contributed by atoms with Crippen LogP contribution in [0, 0.1) is 0 Å². The first-order valence-corrected chi connectivity index (χ1v) is 7.32. The quantitative estimate of drug-likeness (QED) is 0.896. The maximum absolute atomic E-state index is 12.2. The second-order valence-electron chi connectivity index (χ2n) is 5.82. The summed E-state index contributed by atoms with van der Waals surface area (Å²) in [5.74, 6) is -0.0857. The molecule has 2 amide bonds. The van der Waals surface area contributed by atoms with Gasteiger partial charge in [0, 0.05) is 35.8 Å². The molecule has 0 atom stereocenters. The molecule has 5 nitrogen and oxygen atoms in total. The van der Waals surface area contributed by atoms with E-state index in [-0.39, 0.29) is 23.9 Å². The van der Waals surface area contributed by atoms with E-state index in [1.807, 2.05) is 18.7 Å². The van der Waals surface area contributed by atoms with E-state index in [2.05, 4.69) is 10.6 Å². The summed E-state index contributed by atoms with van der Waals surface area (Å²) in [6.07, 6.45) is 0.386. The number of nitrogens with one attached hydrogen (secondary N) is 2. The lowest BCUT2D eigenvalue weighted by molar-refractivity contribution is -0.123. The van der Waals surface area contributed by atoms with Gasteiger partial charge in [-0.15, -0.1) is 0 Å². The Morgan fingerprint density at radius 3 is 2.95 bits per heavy atom. The van der Waals surface area contributed by atoms with Crippen molar-refractivity contribution in [1.82, 2.24) is 10.2 Å². The lowest BCUT2D eigenvalue weighted by atomic mass is 9.98. The van der Waals surface area contributed by atoms with Crippen LogP contribution in [0.25, 0.3) is 0 Å². The van der Waals surface area contributed by atoms with Crippen molar-refractivity contribution in [3.63, 3.8) is 0 Å². The summed E-state index contributed by atoms with van der Waals surface area (Å²) in [6, 6.07) is 7.04. The first-order valence-electron chi connectivity index (χ1n) is 6.94.